The lowest BCUT2D eigenvalue weighted by atomic mass is 10.2. The van der Waals surface area contributed by atoms with Gasteiger partial charge in [-0.1, -0.05) is 12.1 Å². The summed E-state index contributed by atoms with van der Waals surface area (Å²) in [6.45, 7) is 8.41. The fraction of sp³-hybridized carbons (Fsp3) is 0.611. The molecule has 27 heavy (non-hydrogen) atoms. The number of nitrogens with one attached hydrogen (secondary N) is 3. The van der Waals surface area contributed by atoms with Gasteiger partial charge >= 0.3 is 0 Å². The van der Waals surface area contributed by atoms with E-state index < -0.39 is 10.0 Å². The van der Waals surface area contributed by atoms with Crippen molar-refractivity contribution in [3.63, 3.8) is 0 Å². The zero-order valence-corrected chi connectivity index (χ0v) is 19.3. The molecule has 2 rings (SSSR count). The van der Waals surface area contributed by atoms with E-state index in [0.717, 1.165) is 30.9 Å². The van der Waals surface area contributed by atoms with E-state index in [1.54, 1.807) is 24.3 Å². The van der Waals surface area contributed by atoms with Crippen molar-refractivity contribution < 1.29 is 13.2 Å². The molecule has 3 N–H and O–H groups in total. The van der Waals surface area contributed by atoms with Crippen molar-refractivity contribution in [3.05, 3.63) is 29.8 Å². The quantitative estimate of drug-likeness (QED) is 0.284. The maximum atomic E-state index is 12.4. The third kappa shape index (κ3) is 8.32. The van der Waals surface area contributed by atoms with Crippen LogP contribution in [0.15, 0.2) is 34.2 Å². The number of rotatable bonds is 8. The first-order chi connectivity index (χ1) is 12.4. The summed E-state index contributed by atoms with van der Waals surface area (Å²) in [6, 6.07) is 7.11. The molecule has 0 aliphatic carbocycles. The summed E-state index contributed by atoms with van der Waals surface area (Å²) in [4.78, 5) is 4.78. The summed E-state index contributed by atoms with van der Waals surface area (Å²) in [5.74, 6) is 0.748. The highest BCUT2D eigenvalue weighted by atomic mass is 127. The van der Waals surface area contributed by atoms with E-state index in [2.05, 4.69) is 34.2 Å². The Bertz CT molecular complexity index is 687. The number of sulfonamides is 1. The SMILES string of the molecule is CCNC(=NCc1ccc(S(=O)(=O)NCC2CCCO2)cc1)NC(C)C.I. The molecule has 1 fully saturated rings. The molecular weight excluding hydrogens is 479 g/mol. The molecule has 154 valence electrons. The van der Waals surface area contributed by atoms with Crippen LogP contribution in [0.25, 0.3) is 0 Å². The minimum Gasteiger partial charge on any atom is -0.377 e. The van der Waals surface area contributed by atoms with Gasteiger partial charge in [0.2, 0.25) is 10.0 Å². The molecule has 0 bridgehead atoms. The van der Waals surface area contributed by atoms with Gasteiger partial charge in [0.1, 0.15) is 0 Å². The number of ether oxygens (including phenoxy) is 1. The van der Waals surface area contributed by atoms with E-state index in [-0.39, 0.29) is 41.0 Å². The van der Waals surface area contributed by atoms with Gasteiger partial charge in [-0.05, 0) is 51.3 Å². The predicted octanol–water partition coefficient (Wildman–Crippen LogP) is 2.23. The first-order valence-corrected chi connectivity index (χ1v) is 10.6. The lowest BCUT2D eigenvalue weighted by Gasteiger charge is -2.14. The van der Waals surface area contributed by atoms with E-state index in [9.17, 15) is 8.42 Å². The van der Waals surface area contributed by atoms with E-state index in [1.807, 2.05) is 6.92 Å². The number of hydrogen-bond acceptors (Lipinski definition) is 4. The van der Waals surface area contributed by atoms with Crippen LogP contribution in [0.1, 0.15) is 39.2 Å². The fourth-order valence-corrected chi connectivity index (χ4v) is 3.70. The highest BCUT2D eigenvalue weighted by Crippen LogP contribution is 2.14. The normalized spacial score (nSPS) is 17.6. The summed E-state index contributed by atoms with van der Waals surface area (Å²) in [7, 11) is -3.51. The summed E-state index contributed by atoms with van der Waals surface area (Å²) in [5.41, 5.74) is 0.948. The Balaban J connectivity index is 0.00000364. The molecule has 1 atom stereocenters. The van der Waals surface area contributed by atoms with Crippen molar-refractivity contribution in [2.24, 2.45) is 4.99 Å². The maximum absolute atomic E-state index is 12.4. The van der Waals surface area contributed by atoms with Gasteiger partial charge in [-0.2, -0.15) is 0 Å². The standard InChI is InChI=1S/C18H30N4O3S.HI/c1-4-19-18(22-14(2)3)20-12-15-7-9-17(10-8-15)26(23,24)21-13-16-6-5-11-25-16;/h7-10,14,16,21H,4-6,11-13H2,1-3H3,(H2,19,20,22);1H. The second-order valence-electron chi connectivity index (χ2n) is 6.63. The van der Waals surface area contributed by atoms with Gasteiger partial charge in [0, 0.05) is 25.7 Å². The molecule has 0 aromatic heterocycles. The highest BCUT2D eigenvalue weighted by molar-refractivity contribution is 14.0. The monoisotopic (exact) mass is 510 g/mol. The summed E-state index contributed by atoms with van der Waals surface area (Å²) >= 11 is 0. The van der Waals surface area contributed by atoms with Gasteiger partial charge in [-0.25, -0.2) is 18.1 Å². The number of guanidine groups is 1. The van der Waals surface area contributed by atoms with Crippen molar-refractivity contribution in [2.45, 2.75) is 57.2 Å². The van der Waals surface area contributed by atoms with Crippen molar-refractivity contribution in [1.82, 2.24) is 15.4 Å². The molecule has 0 saturated carbocycles. The number of hydrogen-bond donors (Lipinski definition) is 3. The summed E-state index contributed by atoms with van der Waals surface area (Å²) < 4.78 is 32.8. The summed E-state index contributed by atoms with van der Waals surface area (Å²) in [6.07, 6.45) is 1.87. The first kappa shape index (κ1) is 24.1. The molecule has 1 aromatic carbocycles. The average molecular weight is 510 g/mol. The predicted molar refractivity (Wildman–Crippen MR) is 119 cm³/mol. The third-order valence-electron chi connectivity index (χ3n) is 3.95. The second kappa shape index (κ2) is 11.8. The average Bonchev–Trinajstić information content (AvgIpc) is 3.12. The van der Waals surface area contributed by atoms with Crippen molar-refractivity contribution >= 4 is 40.0 Å². The van der Waals surface area contributed by atoms with Gasteiger partial charge in [0.15, 0.2) is 5.96 Å². The molecule has 0 spiro atoms. The third-order valence-corrected chi connectivity index (χ3v) is 5.39. The lowest BCUT2D eigenvalue weighted by molar-refractivity contribution is 0.114. The van der Waals surface area contributed by atoms with Crippen molar-refractivity contribution in [2.75, 3.05) is 19.7 Å². The largest absolute Gasteiger partial charge is 0.377 e. The van der Waals surface area contributed by atoms with E-state index in [1.165, 1.54) is 0 Å². The number of halogens is 1. The van der Waals surface area contributed by atoms with Crippen molar-refractivity contribution in [1.29, 1.82) is 0 Å². The topological polar surface area (TPSA) is 91.8 Å². The maximum Gasteiger partial charge on any atom is 0.240 e. The molecule has 9 heteroatoms. The van der Waals surface area contributed by atoms with Crippen LogP contribution >= 0.6 is 24.0 Å². The second-order valence-corrected chi connectivity index (χ2v) is 8.39. The molecule has 1 aliphatic heterocycles. The Hall–Kier alpha value is -0.910. The number of aliphatic imine (C=N–C) groups is 1. The summed E-state index contributed by atoms with van der Waals surface area (Å²) in [5, 5.41) is 6.44. The number of nitrogens with zero attached hydrogens (tertiary/aromatic N) is 1. The van der Waals surface area contributed by atoms with E-state index >= 15 is 0 Å². The molecule has 0 radical (unpaired) electrons. The fourth-order valence-electron chi connectivity index (χ4n) is 2.63. The first-order valence-electron chi connectivity index (χ1n) is 9.15. The van der Waals surface area contributed by atoms with Gasteiger partial charge in [-0.3, -0.25) is 0 Å². The molecule has 1 saturated heterocycles. The van der Waals surface area contributed by atoms with E-state index in [4.69, 9.17) is 4.74 Å². The molecule has 0 amide bonds. The van der Waals surface area contributed by atoms with Crippen LogP contribution in [0, 0.1) is 0 Å². The van der Waals surface area contributed by atoms with Crippen molar-refractivity contribution in [3.8, 4) is 0 Å². The van der Waals surface area contributed by atoms with Gasteiger partial charge in [-0.15, -0.1) is 24.0 Å². The Labute approximate surface area is 179 Å². The Morgan fingerprint density at radius 2 is 2.00 bits per heavy atom. The van der Waals surface area contributed by atoms with Crippen LogP contribution in [0.4, 0.5) is 0 Å². The van der Waals surface area contributed by atoms with Crippen LogP contribution in [0.5, 0.6) is 0 Å². The van der Waals surface area contributed by atoms with Gasteiger partial charge < -0.3 is 15.4 Å². The minimum absolute atomic E-state index is 0. The minimum atomic E-state index is -3.51. The lowest BCUT2D eigenvalue weighted by Crippen LogP contribution is -2.41. The van der Waals surface area contributed by atoms with Crippen LogP contribution in [-0.4, -0.2) is 46.2 Å². The number of benzene rings is 1. The Kier molecular flexibility index (Phi) is 10.6. The van der Waals surface area contributed by atoms with Crippen LogP contribution in [0.3, 0.4) is 0 Å². The van der Waals surface area contributed by atoms with Crippen LogP contribution < -0.4 is 15.4 Å². The highest BCUT2D eigenvalue weighted by Gasteiger charge is 2.20. The molecule has 1 unspecified atom stereocenters. The zero-order valence-electron chi connectivity index (χ0n) is 16.2. The Morgan fingerprint density at radius 1 is 1.30 bits per heavy atom. The zero-order chi connectivity index (χ0) is 19.0. The van der Waals surface area contributed by atoms with Gasteiger partial charge in [0.25, 0.3) is 0 Å². The molecule has 7 nitrogen and oxygen atoms in total. The molecule has 1 heterocycles. The van der Waals surface area contributed by atoms with Crippen LogP contribution in [0.2, 0.25) is 0 Å². The smallest absolute Gasteiger partial charge is 0.240 e. The van der Waals surface area contributed by atoms with E-state index in [0.29, 0.717) is 19.7 Å². The van der Waals surface area contributed by atoms with Gasteiger partial charge in [0.05, 0.1) is 17.5 Å². The van der Waals surface area contributed by atoms with Crippen LogP contribution in [-0.2, 0) is 21.3 Å². The Morgan fingerprint density at radius 3 is 2.56 bits per heavy atom. The molecular formula is C18H31IN4O3S. The molecule has 1 aliphatic rings. The molecule has 1 aromatic rings.